The average Bonchev–Trinajstić information content (AvgIpc) is 3.09. The summed E-state index contributed by atoms with van der Waals surface area (Å²) in [6.07, 6.45) is 1.43. The highest BCUT2D eigenvalue weighted by Gasteiger charge is 2.36. The molecule has 3 rings (SSSR count). The first-order chi connectivity index (χ1) is 11.0. The number of carbonyl (C=O) groups is 1. The Morgan fingerprint density at radius 1 is 1.35 bits per heavy atom. The molecule has 2 unspecified atom stereocenters. The summed E-state index contributed by atoms with van der Waals surface area (Å²) in [4.78, 5) is 16.5. The molecule has 1 aliphatic rings. The molecule has 2 heterocycles. The highest BCUT2D eigenvalue weighted by molar-refractivity contribution is 7.13. The van der Waals surface area contributed by atoms with E-state index in [1.165, 1.54) is 16.9 Å². The Morgan fingerprint density at radius 2 is 2.09 bits per heavy atom. The first-order valence-corrected chi connectivity index (χ1v) is 8.89. The number of cyclic esters (lactones) is 1. The van der Waals surface area contributed by atoms with Crippen LogP contribution in [0.25, 0.3) is 0 Å². The summed E-state index contributed by atoms with van der Waals surface area (Å²) >= 11 is 1.54. The number of nitrogens with zero attached hydrogens (tertiary/aromatic N) is 1. The van der Waals surface area contributed by atoms with Gasteiger partial charge in [0.1, 0.15) is 6.10 Å². The SMILES string of the molecule is Cc1ccc(Nc2nc(C3CC(CC(C)C)C(=O)O3)cs2)cc1. The first kappa shape index (κ1) is 16.0. The van der Waals surface area contributed by atoms with E-state index in [1.54, 1.807) is 0 Å². The zero-order valence-corrected chi connectivity index (χ0v) is 14.5. The van der Waals surface area contributed by atoms with E-state index in [4.69, 9.17) is 4.74 Å². The third-order valence-electron chi connectivity index (χ3n) is 4.00. The van der Waals surface area contributed by atoms with Crippen LogP contribution in [0.1, 0.15) is 44.1 Å². The second-order valence-corrected chi connectivity index (χ2v) is 7.41. The largest absolute Gasteiger partial charge is 0.456 e. The van der Waals surface area contributed by atoms with E-state index >= 15 is 0 Å². The lowest BCUT2D eigenvalue weighted by Gasteiger charge is -2.07. The van der Waals surface area contributed by atoms with Crippen molar-refractivity contribution >= 4 is 28.1 Å². The van der Waals surface area contributed by atoms with Crippen LogP contribution in [-0.2, 0) is 9.53 Å². The molecule has 122 valence electrons. The number of esters is 1. The van der Waals surface area contributed by atoms with Gasteiger partial charge in [-0.3, -0.25) is 4.79 Å². The average molecular weight is 330 g/mol. The van der Waals surface area contributed by atoms with Crippen LogP contribution in [0.3, 0.4) is 0 Å². The third kappa shape index (κ3) is 3.91. The molecular weight excluding hydrogens is 308 g/mol. The summed E-state index contributed by atoms with van der Waals surface area (Å²) in [5.74, 6) is 0.431. The molecule has 2 atom stereocenters. The lowest BCUT2D eigenvalue weighted by Crippen LogP contribution is -2.09. The molecule has 1 aromatic heterocycles. The van der Waals surface area contributed by atoms with Crippen molar-refractivity contribution in [2.75, 3.05) is 5.32 Å². The number of rotatable bonds is 5. The molecule has 0 amide bonds. The van der Waals surface area contributed by atoms with Crippen molar-refractivity contribution in [1.29, 1.82) is 0 Å². The van der Waals surface area contributed by atoms with Gasteiger partial charge in [0.2, 0.25) is 0 Å². The molecule has 0 aliphatic carbocycles. The third-order valence-corrected chi connectivity index (χ3v) is 4.78. The fourth-order valence-corrected chi connectivity index (χ4v) is 3.61. The monoisotopic (exact) mass is 330 g/mol. The van der Waals surface area contributed by atoms with Crippen LogP contribution in [0.4, 0.5) is 10.8 Å². The van der Waals surface area contributed by atoms with Crippen LogP contribution < -0.4 is 5.32 Å². The Hall–Kier alpha value is -1.88. The van der Waals surface area contributed by atoms with Gasteiger partial charge < -0.3 is 10.1 Å². The lowest BCUT2D eigenvalue weighted by atomic mass is 9.94. The summed E-state index contributed by atoms with van der Waals surface area (Å²) in [5.41, 5.74) is 3.09. The van der Waals surface area contributed by atoms with Crippen molar-refractivity contribution in [2.45, 2.75) is 39.7 Å². The molecule has 4 nitrogen and oxygen atoms in total. The van der Waals surface area contributed by atoms with Gasteiger partial charge in [-0.15, -0.1) is 11.3 Å². The van der Waals surface area contributed by atoms with Crippen LogP contribution in [0.15, 0.2) is 29.6 Å². The van der Waals surface area contributed by atoms with Gasteiger partial charge >= 0.3 is 5.97 Å². The first-order valence-electron chi connectivity index (χ1n) is 8.01. The van der Waals surface area contributed by atoms with Gasteiger partial charge in [-0.05, 0) is 31.4 Å². The van der Waals surface area contributed by atoms with Crippen molar-refractivity contribution in [3.63, 3.8) is 0 Å². The van der Waals surface area contributed by atoms with Crippen LogP contribution in [0.5, 0.6) is 0 Å². The molecule has 5 heteroatoms. The standard InChI is InChI=1S/C18H22N2O2S/c1-11(2)8-13-9-16(22-17(13)21)15-10-23-18(20-15)19-14-6-4-12(3)5-7-14/h4-7,10-11,13,16H,8-9H2,1-3H3,(H,19,20). The van der Waals surface area contributed by atoms with Crippen molar-refractivity contribution in [1.82, 2.24) is 4.98 Å². The van der Waals surface area contributed by atoms with Gasteiger partial charge in [0.15, 0.2) is 5.13 Å². The van der Waals surface area contributed by atoms with Gasteiger partial charge in [0.05, 0.1) is 11.6 Å². The summed E-state index contributed by atoms with van der Waals surface area (Å²) in [7, 11) is 0. The maximum Gasteiger partial charge on any atom is 0.309 e. The minimum absolute atomic E-state index is 0.00945. The maximum absolute atomic E-state index is 12.0. The number of benzene rings is 1. The summed E-state index contributed by atoms with van der Waals surface area (Å²) in [6, 6.07) is 8.19. The highest BCUT2D eigenvalue weighted by Crippen LogP contribution is 2.37. The van der Waals surface area contributed by atoms with Gasteiger partial charge in [0, 0.05) is 17.5 Å². The number of anilines is 2. The van der Waals surface area contributed by atoms with Crippen LogP contribution in [-0.4, -0.2) is 11.0 Å². The molecule has 1 N–H and O–H groups in total. The van der Waals surface area contributed by atoms with E-state index in [0.717, 1.165) is 29.4 Å². The van der Waals surface area contributed by atoms with Gasteiger partial charge in [0.25, 0.3) is 0 Å². The molecule has 1 aliphatic heterocycles. The highest BCUT2D eigenvalue weighted by atomic mass is 32.1. The molecule has 0 saturated carbocycles. The molecule has 2 aromatic rings. The maximum atomic E-state index is 12.0. The van der Waals surface area contributed by atoms with Gasteiger partial charge in [-0.25, -0.2) is 4.98 Å². The smallest absolute Gasteiger partial charge is 0.309 e. The fourth-order valence-electron chi connectivity index (χ4n) is 2.83. The van der Waals surface area contributed by atoms with Crippen molar-refractivity contribution in [2.24, 2.45) is 11.8 Å². The van der Waals surface area contributed by atoms with Gasteiger partial charge in [-0.1, -0.05) is 31.5 Å². The molecule has 0 spiro atoms. The van der Waals surface area contributed by atoms with E-state index < -0.39 is 0 Å². The topological polar surface area (TPSA) is 51.2 Å². The molecule has 0 radical (unpaired) electrons. The number of ether oxygens (including phenoxy) is 1. The van der Waals surface area contributed by atoms with Crippen LogP contribution >= 0.6 is 11.3 Å². The summed E-state index contributed by atoms with van der Waals surface area (Å²) in [6.45, 7) is 6.33. The summed E-state index contributed by atoms with van der Waals surface area (Å²) in [5, 5.41) is 6.10. The van der Waals surface area contributed by atoms with Crippen molar-refractivity contribution in [3.05, 3.63) is 40.9 Å². The number of aromatic nitrogens is 1. The summed E-state index contributed by atoms with van der Waals surface area (Å²) < 4.78 is 5.52. The predicted octanol–water partition coefficient (Wildman–Crippen LogP) is 4.85. The Kier molecular flexibility index (Phi) is 4.66. The minimum Gasteiger partial charge on any atom is -0.456 e. The van der Waals surface area contributed by atoms with E-state index in [0.29, 0.717) is 5.92 Å². The van der Waals surface area contributed by atoms with Crippen molar-refractivity contribution < 1.29 is 9.53 Å². The zero-order valence-electron chi connectivity index (χ0n) is 13.7. The van der Waals surface area contributed by atoms with E-state index in [-0.39, 0.29) is 18.0 Å². The predicted molar refractivity (Wildman–Crippen MR) is 93.0 cm³/mol. The normalized spacial score (nSPS) is 20.8. The molecule has 1 saturated heterocycles. The number of aryl methyl sites for hydroxylation is 1. The molecule has 23 heavy (non-hydrogen) atoms. The Balaban J connectivity index is 1.65. The molecule has 1 aromatic carbocycles. The molecule has 0 bridgehead atoms. The number of nitrogens with one attached hydrogen (secondary N) is 1. The lowest BCUT2D eigenvalue weighted by molar-refractivity contribution is -0.145. The van der Waals surface area contributed by atoms with Crippen LogP contribution in [0.2, 0.25) is 0 Å². The Labute approximate surface area is 140 Å². The van der Waals surface area contributed by atoms with E-state index in [9.17, 15) is 4.79 Å². The number of hydrogen-bond acceptors (Lipinski definition) is 5. The minimum atomic E-state index is -0.198. The Bertz CT molecular complexity index is 679. The number of thiazole rings is 1. The quantitative estimate of drug-likeness (QED) is 0.797. The second kappa shape index (κ2) is 6.71. The molecule has 1 fully saturated rings. The van der Waals surface area contributed by atoms with Gasteiger partial charge in [-0.2, -0.15) is 0 Å². The Morgan fingerprint density at radius 3 is 2.78 bits per heavy atom. The van der Waals surface area contributed by atoms with Crippen LogP contribution in [0, 0.1) is 18.8 Å². The zero-order chi connectivity index (χ0) is 16.4. The number of hydrogen-bond donors (Lipinski definition) is 1. The van der Waals surface area contributed by atoms with E-state index in [2.05, 4.69) is 43.2 Å². The number of carbonyl (C=O) groups excluding carboxylic acids is 1. The fraction of sp³-hybridized carbons (Fsp3) is 0.444. The van der Waals surface area contributed by atoms with Crippen molar-refractivity contribution in [3.8, 4) is 0 Å². The van der Waals surface area contributed by atoms with E-state index in [1.807, 2.05) is 17.5 Å². The molecular formula is C18H22N2O2S. The second-order valence-electron chi connectivity index (χ2n) is 6.56.